The zero-order valence-corrected chi connectivity index (χ0v) is 15.0. The molecule has 2 heterocycles. The predicted molar refractivity (Wildman–Crippen MR) is 101 cm³/mol. The SMILES string of the molecule is O=C(NC[C@@H](O)c1ccc(F)c(F)c1)c1cc2sc3ccccc3c2s1. The normalized spacial score (nSPS) is 12.6. The van der Waals surface area contributed by atoms with Crippen molar-refractivity contribution in [3.05, 3.63) is 70.6 Å². The predicted octanol–water partition coefficient (Wildman–Crippen LogP) is 4.86. The summed E-state index contributed by atoms with van der Waals surface area (Å²) in [5.41, 5.74) is 0.211. The maximum absolute atomic E-state index is 13.2. The van der Waals surface area contributed by atoms with Crippen LogP contribution in [0.2, 0.25) is 0 Å². The van der Waals surface area contributed by atoms with Crippen LogP contribution in [0.3, 0.4) is 0 Å². The summed E-state index contributed by atoms with van der Waals surface area (Å²) in [5, 5.41) is 13.8. The van der Waals surface area contributed by atoms with Crippen LogP contribution in [0.25, 0.3) is 19.5 Å². The highest BCUT2D eigenvalue weighted by atomic mass is 32.1. The van der Waals surface area contributed by atoms with E-state index in [2.05, 4.69) is 5.32 Å². The first-order valence-corrected chi connectivity index (χ1v) is 9.48. The third kappa shape index (κ3) is 3.09. The van der Waals surface area contributed by atoms with E-state index in [1.807, 2.05) is 30.3 Å². The van der Waals surface area contributed by atoms with Gasteiger partial charge < -0.3 is 10.4 Å². The van der Waals surface area contributed by atoms with E-state index >= 15 is 0 Å². The average molecular weight is 389 g/mol. The lowest BCUT2D eigenvalue weighted by Crippen LogP contribution is -2.27. The van der Waals surface area contributed by atoms with Gasteiger partial charge in [0, 0.05) is 21.3 Å². The zero-order valence-electron chi connectivity index (χ0n) is 13.3. The summed E-state index contributed by atoms with van der Waals surface area (Å²) in [6, 6.07) is 13.0. The van der Waals surface area contributed by atoms with E-state index in [-0.39, 0.29) is 18.0 Å². The molecule has 0 fully saturated rings. The highest BCUT2D eigenvalue weighted by Crippen LogP contribution is 2.39. The molecule has 132 valence electrons. The standard InChI is InChI=1S/C19H13F2NO2S2/c20-12-6-5-10(7-13(12)21)14(23)9-22-19(24)17-8-16-18(26-17)11-3-1-2-4-15(11)25-16/h1-8,14,23H,9H2,(H,22,24)/t14-/m1/s1. The molecular weight excluding hydrogens is 376 g/mol. The summed E-state index contributed by atoms with van der Waals surface area (Å²) in [5.74, 6) is -2.31. The first-order chi connectivity index (χ1) is 12.5. The molecule has 7 heteroatoms. The number of hydrogen-bond donors (Lipinski definition) is 2. The average Bonchev–Trinajstić information content (AvgIpc) is 3.19. The van der Waals surface area contributed by atoms with Gasteiger partial charge in [0.05, 0.1) is 15.7 Å². The summed E-state index contributed by atoms with van der Waals surface area (Å²) in [6.07, 6.45) is -1.11. The Morgan fingerprint density at radius 2 is 1.85 bits per heavy atom. The summed E-state index contributed by atoms with van der Waals surface area (Å²) >= 11 is 3.03. The topological polar surface area (TPSA) is 49.3 Å². The van der Waals surface area contributed by atoms with Crippen LogP contribution in [0.15, 0.2) is 48.5 Å². The van der Waals surface area contributed by atoms with Crippen molar-refractivity contribution >= 4 is 48.1 Å². The van der Waals surface area contributed by atoms with Crippen LogP contribution in [0.5, 0.6) is 0 Å². The van der Waals surface area contributed by atoms with E-state index in [1.165, 1.54) is 22.1 Å². The maximum atomic E-state index is 13.2. The Balaban J connectivity index is 1.49. The number of carbonyl (C=O) groups is 1. The summed E-state index contributed by atoms with van der Waals surface area (Å²) in [6.45, 7) is -0.0871. The molecule has 0 aliphatic carbocycles. The molecule has 0 aliphatic heterocycles. The lowest BCUT2D eigenvalue weighted by atomic mass is 10.1. The minimum Gasteiger partial charge on any atom is -0.387 e. The molecule has 1 amide bonds. The molecule has 0 saturated heterocycles. The Morgan fingerprint density at radius 1 is 1.04 bits per heavy atom. The van der Waals surface area contributed by atoms with Gasteiger partial charge in [0.2, 0.25) is 0 Å². The van der Waals surface area contributed by atoms with Crippen LogP contribution in [-0.4, -0.2) is 17.6 Å². The Morgan fingerprint density at radius 3 is 2.65 bits per heavy atom. The largest absolute Gasteiger partial charge is 0.387 e. The Hall–Kier alpha value is -2.35. The monoisotopic (exact) mass is 389 g/mol. The lowest BCUT2D eigenvalue weighted by Gasteiger charge is -2.12. The zero-order chi connectivity index (χ0) is 18.3. The number of carbonyl (C=O) groups excluding carboxylic acids is 1. The highest BCUT2D eigenvalue weighted by Gasteiger charge is 2.16. The van der Waals surface area contributed by atoms with Gasteiger partial charge in [-0.3, -0.25) is 4.79 Å². The van der Waals surface area contributed by atoms with Crippen molar-refractivity contribution in [2.75, 3.05) is 6.54 Å². The van der Waals surface area contributed by atoms with Gasteiger partial charge in [-0.15, -0.1) is 22.7 Å². The van der Waals surface area contributed by atoms with E-state index in [0.717, 1.165) is 26.9 Å². The molecule has 0 unspecified atom stereocenters. The number of fused-ring (bicyclic) bond motifs is 3. The van der Waals surface area contributed by atoms with E-state index in [4.69, 9.17) is 0 Å². The fourth-order valence-corrected chi connectivity index (χ4v) is 5.17. The van der Waals surface area contributed by atoms with Crippen molar-refractivity contribution in [1.29, 1.82) is 0 Å². The van der Waals surface area contributed by atoms with Crippen LogP contribution in [0.1, 0.15) is 21.3 Å². The quantitative estimate of drug-likeness (QED) is 0.524. The summed E-state index contributed by atoms with van der Waals surface area (Å²) in [7, 11) is 0. The molecule has 4 aromatic rings. The van der Waals surface area contributed by atoms with Gasteiger partial charge in [0.25, 0.3) is 5.91 Å². The van der Waals surface area contributed by atoms with Crippen molar-refractivity contribution in [1.82, 2.24) is 5.32 Å². The van der Waals surface area contributed by atoms with Crippen molar-refractivity contribution in [3.8, 4) is 0 Å². The van der Waals surface area contributed by atoms with Crippen molar-refractivity contribution < 1.29 is 18.7 Å². The fourth-order valence-electron chi connectivity index (χ4n) is 2.73. The number of aliphatic hydroxyl groups excluding tert-OH is 1. The Labute approximate surface area is 155 Å². The van der Waals surface area contributed by atoms with Crippen LogP contribution in [0.4, 0.5) is 8.78 Å². The second-order valence-electron chi connectivity index (χ2n) is 5.80. The summed E-state index contributed by atoms with van der Waals surface area (Å²) < 4.78 is 29.5. The van der Waals surface area contributed by atoms with E-state index < -0.39 is 17.7 Å². The lowest BCUT2D eigenvalue weighted by molar-refractivity contribution is 0.0920. The van der Waals surface area contributed by atoms with Crippen molar-refractivity contribution in [3.63, 3.8) is 0 Å². The van der Waals surface area contributed by atoms with Gasteiger partial charge in [-0.25, -0.2) is 8.78 Å². The molecule has 2 aromatic carbocycles. The molecule has 3 nitrogen and oxygen atoms in total. The molecule has 2 aromatic heterocycles. The fraction of sp³-hybridized carbons (Fsp3) is 0.105. The Kier molecular flexibility index (Phi) is 4.44. The molecule has 26 heavy (non-hydrogen) atoms. The molecular formula is C19H13F2NO2S2. The minimum absolute atomic E-state index is 0.0871. The van der Waals surface area contributed by atoms with E-state index in [9.17, 15) is 18.7 Å². The van der Waals surface area contributed by atoms with Crippen molar-refractivity contribution in [2.24, 2.45) is 0 Å². The van der Waals surface area contributed by atoms with Gasteiger partial charge in [-0.05, 0) is 29.8 Å². The Bertz CT molecular complexity index is 1120. The smallest absolute Gasteiger partial charge is 0.261 e. The third-order valence-corrected chi connectivity index (χ3v) is 6.47. The number of rotatable bonds is 4. The van der Waals surface area contributed by atoms with Gasteiger partial charge in [0.15, 0.2) is 11.6 Å². The number of nitrogens with one attached hydrogen (secondary N) is 1. The number of hydrogen-bond acceptors (Lipinski definition) is 4. The van der Waals surface area contributed by atoms with Gasteiger partial charge in [0.1, 0.15) is 0 Å². The molecule has 0 aliphatic rings. The number of thiophene rings is 2. The molecule has 4 rings (SSSR count). The molecule has 0 bridgehead atoms. The molecule has 0 spiro atoms. The maximum Gasteiger partial charge on any atom is 0.261 e. The van der Waals surface area contributed by atoms with Crippen LogP contribution in [-0.2, 0) is 0 Å². The molecule has 0 radical (unpaired) electrons. The van der Waals surface area contributed by atoms with Crippen LogP contribution < -0.4 is 5.32 Å². The van der Waals surface area contributed by atoms with E-state index in [0.29, 0.717) is 4.88 Å². The minimum atomic E-state index is -1.11. The van der Waals surface area contributed by atoms with Crippen LogP contribution >= 0.6 is 22.7 Å². The highest BCUT2D eigenvalue weighted by molar-refractivity contribution is 7.33. The van der Waals surface area contributed by atoms with Crippen LogP contribution in [0, 0.1) is 11.6 Å². The number of amides is 1. The first-order valence-electron chi connectivity index (χ1n) is 7.85. The molecule has 0 saturated carbocycles. The first kappa shape index (κ1) is 17.1. The third-order valence-electron chi connectivity index (χ3n) is 4.06. The second kappa shape index (κ2) is 6.75. The molecule has 2 N–H and O–H groups in total. The number of halogens is 2. The number of aliphatic hydroxyl groups is 1. The number of benzene rings is 2. The second-order valence-corrected chi connectivity index (χ2v) is 7.94. The van der Waals surface area contributed by atoms with Crippen molar-refractivity contribution in [2.45, 2.75) is 6.10 Å². The summed E-state index contributed by atoms with van der Waals surface area (Å²) in [4.78, 5) is 12.9. The molecule has 1 atom stereocenters. The van der Waals surface area contributed by atoms with Gasteiger partial charge in [-0.1, -0.05) is 24.3 Å². The van der Waals surface area contributed by atoms with E-state index in [1.54, 1.807) is 11.3 Å². The van der Waals surface area contributed by atoms with Gasteiger partial charge in [-0.2, -0.15) is 0 Å². The van der Waals surface area contributed by atoms with Gasteiger partial charge >= 0.3 is 0 Å².